The highest BCUT2D eigenvalue weighted by Gasteiger charge is 2.47. The van der Waals surface area contributed by atoms with Crippen LogP contribution in [0.2, 0.25) is 0 Å². The van der Waals surface area contributed by atoms with Crippen LogP contribution in [0.25, 0.3) is 0 Å². The summed E-state index contributed by atoms with van der Waals surface area (Å²) in [6.45, 7) is 9.36. The summed E-state index contributed by atoms with van der Waals surface area (Å²) in [4.78, 5) is 0. The van der Waals surface area contributed by atoms with Gasteiger partial charge in [0.05, 0.1) is 40.7 Å². The lowest BCUT2D eigenvalue weighted by atomic mass is 9.92. The Kier molecular flexibility index (Phi) is 3.62. The standard InChI is InChI=1S/C16H23NO3S/c1-15(2,3)21(18)17-16(4)8-11(14-6-5-7-20-14)12-9-19-10-13(12)16/h5-7,11,17H,8-10H2,1-4H3/t11-,16-,21-/m1/s1. The minimum Gasteiger partial charge on any atom is -0.469 e. The van der Waals surface area contributed by atoms with Gasteiger partial charge in [-0.3, -0.25) is 0 Å². The highest BCUT2D eigenvalue weighted by Crippen LogP contribution is 2.48. The molecule has 1 aromatic rings. The van der Waals surface area contributed by atoms with Gasteiger partial charge in [-0.05, 0) is 57.4 Å². The van der Waals surface area contributed by atoms with Crippen molar-refractivity contribution in [2.75, 3.05) is 13.2 Å². The zero-order valence-corrected chi connectivity index (χ0v) is 13.9. The summed E-state index contributed by atoms with van der Waals surface area (Å²) in [7, 11) is -1.11. The van der Waals surface area contributed by atoms with E-state index >= 15 is 0 Å². The van der Waals surface area contributed by atoms with Gasteiger partial charge in [0, 0.05) is 5.92 Å². The molecule has 2 aliphatic rings. The summed E-state index contributed by atoms with van der Waals surface area (Å²) >= 11 is 0. The van der Waals surface area contributed by atoms with Crippen molar-refractivity contribution in [3.05, 3.63) is 35.3 Å². The predicted molar refractivity (Wildman–Crippen MR) is 83.3 cm³/mol. The fourth-order valence-electron chi connectivity index (χ4n) is 3.14. The minimum absolute atomic E-state index is 0.229. The molecule has 0 amide bonds. The Morgan fingerprint density at radius 3 is 2.76 bits per heavy atom. The average Bonchev–Trinajstić information content (AvgIpc) is 3.08. The van der Waals surface area contributed by atoms with E-state index in [2.05, 4.69) is 11.6 Å². The highest BCUT2D eigenvalue weighted by atomic mass is 32.2. The van der Waals surface area contributed by atoms with Gasteiger partial charge in [-0.25, -0.2) is 8.93 Å². The monoisotopic (exact) mass is 309 g/mol. The van der Waals surface area contributed by atoms with Crippen LogP contribution in [-0.4, -0.2) is 27.7 Å². The van der Waals surface area contributed by atoms with Crippen molar-refractivity contribution in [1.29, 1.82) is 0 Å². The van der Waals surface area contributed by atoms with E-state index < -0.39 is 11.0 Å². The molecular weight excluding hydrogens is 286 g/mol. The summed E-state index contributed by atoms with van der Waals surface area (Å²) in [6, 6.07) is 3.93. The number of hydrogen-bond donors (Lipinski definition) is 1. The molecular formula is C16H23NO3S. The topological polar surface area (TPSA) is 51.5 Å². The van der Waals surface area contributed by atoms with Crippen molar-refractivity contribution in [1.82, 2.24) is 4.72 Å². The Morgan fingerprint density at radius 1 is 1.38 bits per heavy atom. The Balaban J connectivity index is 1.89. The molecule has 1 aliphatic heterocycles. The van der Waals surface area contributed by atoms with Gasteiger partial charge >= 0.3 is 0 Å². The first-order valence-electron chi connectivity index (χ1n) is 7.34. The van der Waals surface area contributed by atoms with E-state index in [0.29, 0.717) is 13.2 Å². The van der Waals surface area contributed by atoms with Gasteiger partial charge < -0.3 is 9.15 Å². The summed E-state index contributed by atoms with van der Waals surface area (Å²) < 4.78 is 26.8. The van der Waals surface area contributed by atoms with E-state index in [1.165, 1.54) is 11.1 Å². The second-order valence-corrected chi connectivity index (χ2v) is 9.05. The third-order valence-electron chi connectivity index (χ3n) is 4.35. The Morgan fingerprint density at radius 2 is 2.14 bits per heavy atom. The van der Waals surface area contributed by atoms with Gasteiger partial charge in [-0.2, -0.15) is 0 Å². The smallest absolute Gasteiger partial charge is 0.111 e. The van der Waals surface area contributed by atoms with Gasteiger partial charge in [0.1, 0.15) is 5.76 Å². The minimum atomic E-state index is -1.11. The SMILES string of the molecule is CC(C)(C)[S@@](=O)N[C@]1(C)C[C@@H](c2ccco2)C2=C1COC2. The molecule has 0 unspecified atom stereocenters. The van der Waals surface area contributed by atoms with E-state index in [-0.39, 0.29) is 16.2 Å². The molecule has 0 radical (unpaired) electrons. The second-order valence-electron chi connectivity index (χ2n) is 7.08. The molecule has 0 fully saturated rings. The number of furan rings is 1. The lowest BCUT2D eigenvalue weighted by Gasteiger charge is -2.32. The van der Waals surface area contributed by atoms with Gasteiger partial charge in [0.25, 0.3) is 0 Å². The Hall–Kier alpha value is -0.910. The molecule has 1 aromatic heterocycles. The van der Waals surface area contributed by atoms with Crippen molar-refractivity contribution >= 4 is 11.0 Å². The highest BCUT2D eigenvalue weighted by molar-refractivity contribution is 7.84. The van der Waals surface area contributed by atoms with Crippen LogP contribution in [0.15, 0.2) is 34.0 Å². The molecule has 4 nitrogen and oxygen atoms in total. The van der Waals surface area contributed by atoms with Crippen LogP contribution in [-0.2, 0) is 15.7 Å². The van der Waals surface area contributed by atoms with Crippen LogP contribution in [0.4, 0.5) is 0 Å². The summed E-state index contributed by atoms with van der Waals surface area (Å²) in [5, 5.41) is 0. The van der Waals surface area contributed by atoms with Crippen LogP contribution in [0.1, 0.15) is 45.8 Å². The first-order valence-corrected chi connectivity index (χ1v) is 8.49. The number of hydrogen-bond acceptors (Lipinski definition) is 3. The average molecular weight is 309 g/mol. The van der Waals surface area contributed by atoms with E-state index in [4.69, 9.17) is 9.15 Å². The van der Waals surface area contributed by atoms with Gasteiger partial charge in [0.2, 0.25) is 0 Å². The quantitative estimate of drug-likeness (QED) is 0.874. The van der Waals surface area contributed by atoms with Crippen molar-refractivity contribution in [2.45, 2.75) is 50.3 Å². The fraction of sp³-hybridized carbons (Fsp3) is 0.625. The van der Waals surface area contributed by atoms with Gasteiger partial charge in [-0.1, -0.05) is 0 Å². The molecule has 3 atom stereocenters. The molecule has 2 heterocycles. The third-order valence-corrected chi connectivity index (χ3v) is 6.10. The van der Waals surface area contributed by atoms with Crippen LogP contribution in [0.5, 0.6) is 0 Å². The molecule has 3 rings (SSSR count). The Bertz CT molecular complexity index is 585. The molecule has 116 valence electrons. The first-order chi connectivity index (χ1) is 9.81. The maximum absolute atomic E-state index is 12.5. The molecule has 1 aliphatic carbocycles. The van der Waals surface area contributed by atoms with E-state index in [0.717, 1.165) is 12.2 Å². The van der Waals surface area contributed by atoms with Crippen molar-refractivity contribution in [2.24, 2.45) is 0 Å². The van der Waals surface area contributed by atoms with Crippen LogP contribution in [0, 0.1) is 0 Å². The first kappa shape index (κ1) is 15.0. The fourth-order valence-corrected chi connectivity index (χ4v) is 4.07. The van der Waals surface area contributed by atoms with Crippen molar-refractivity contribution < 1.29 is 13.4 Å². The molecule has 0 bridgehead atoms. The molecule has 1 N–H and O–H groups in total. The van der Waals surface area contributed by atoms with Crippen molar-refractivity contribution in [3.8, 4) is 0 Å². The molecule has 21 heavy (non-hydrogen) atoms. The molecule has 0 aromatic carbocycles. The number of rotatable bonds is 3. The van der Waals surface area contributed by atoms with Crippen LogP contribution < -0.4 is 4.72 Å². The number of ether oxygens (including phenoxy) is 1. The summed E-state index contributed by atoms with van der Waals surface area (Å²) in [5.41, 5.74) is 2.26. The molecule has 0 saturated heterocycles. The van der Waals surface area contributed by atoms with Crippen LogP contribution in [0.3, 0.4) is 0 Å². The normalized spacial score (nSPS) is 30.8. The zero-order valence-electron chi connectivity index (χ0n) is 13.1. The van der Waals surface area contributed by atoms with Crippen LogP contribution >= 0.6 is 0 Å². The zero-order chi connectivity index (χ0) is 15.3. The van der Waals surface area contributed by atoms with E-state index in [9.17, 15) is 4.21 Å². The third kappa shape index (κ3) is 2.62. The van der Waals surface area contributed by atoms with E-state index in [1.807, 2.05) is 32.9 Å². The molecule has 0 saturated carbocycles. The van der Waals surface area contributed by atoms with Crippen molar-refractivity contribution in [3.63, 3.8) is 0 Å². The van der Waals surface area contributed by atoms with Gasteiger partial charge in [-0.15, -0.1) is 0 Å². The Labute approximate surface area is 128 Å². The molecule has 5 heteroatoms. The molecule has 0 spiro atoms. The maximum Gasteiger partial charge on any atom is 0.111 e. The largest absolute Gasteiger partial charge is 0.469 e. The second kappa shape index (κ2) is 5.07. The lowest BCUT2D eigenvalue weighted by molar-refractivity contribution is 0.185. The predicted octanol–water partition coefficient (Wildman–Crippen LogP) is 2.90. The number of nitrogens with one attached hydrogen (secondary N) is 1. The summed E-state index contributed by atoms with van der Waals surface area (Å²) in [5.74, 6) is 1.20. The maximum atomic E-state index is 12.5. The van der Waals surface area contributed by atoms with Gasteiger partial charge in [0.15, 0.2) is 0 Å². The summed E-state index contributed by atoms with van der Waals surface area (Å²) in [6.07, 6.45) is 2.58. The lowest BCUT2D eigenvalue weighted by Crippen LogP contribution is -2.48. The van der Waals surface area contributed by atoms with E-state index in [1.54, 1.807) is 6.26 Å².